The highest BCUT2D eigenvalue weighted by Gasteiger charge is 2.22. The fourth-order valence-electron chi connectivity index (χ4n) is 3.31. The fourth-order valence-corrected chi connectivity index (χ4v) is 4.72. The molecule has 2 aromatic rings. The molecule has 0 bridgehead atoms. The van der Waals surface area contributed by atoms with Crippen LogP contribution in [-0.2, 0) is 10.1 Å². The van der Waals surface area contributed by atoms with Gasteiger partial charge in [0.2, 0.25) is 0 Å². The molecule has 6 nitrogen and oxygen atoms in total. The van der Waals surface area contributed by atoms with Gasteiger partial charge in [0, 0.05) is 19.2 Å². The Hall–Kier alpha value is -2.25. The lowest BCUT2D eigenvalue weighted by molar-refractivity contribution is 0.180. The first-order chi connectivity index (χ1) is 13.7. The molecule has 0 radical (unpaired) electrons. The lowest BCUT2D eigenvalue weighted by Crippen LogP contribution is -2.38. The molecule has 0 amide bonds. The molecule has 0 aliphatic carbocycles. The van der Waals surface area contributed by atoms with E-state index in [0.717, 1.165) is 31.5 Å². The Morgan fingerprint density at radius 3 is 2.48 bits per heavy atom. The van der Waals surface area contributed by atoms with Crippen LogP contribution in [0.25, 0.3) is 0 Å². The maximum absolute atomic E-state index is 12.6. The summed E-state index contributed by atoms with van der Waals surface area (Å²) in [4.78, 5) is 1.99. The highest BCUT2D eigenvalue weighted by atomic mass is 35.5. The van der Waals surface area contributed by atoms with E-state index in [-0.39, 0.29) is 15.7 Å². The molecule has 1 heterocycles. The predicted molar refractivity (Wildman–Crippen MR) is 114 cm³/mol. The number of hydrogen-bond acceptors (Lipinski definition) is 5. The fraction of sp³-hybridized carbons (Fsp3) is 0.381. The summed E-state index contributed by atoms with van der Waals surface area (Å²) in [7, 11) is -4.04. The van der Waals surface area contributed by atoms with Gasteiger partial charge in [0.15, 0.2) is 0 Å². The molecular weight excluding hydrogens is 412 g/mol. The largest absolute Gasteiger partial charge is 0.493 e. The van der Waals surface area contributed by atoms with Gasteiger partial charge in [-0.25, -0.2) is 0 Å². The zero-order valence-electron chi connectivity index (χ0n) is 16.5. The van der Waals surface area contributed by atoms with Gasteiger partial charge in [-0.3, -0.25) is 5.41 Å². The third-order valence-corrected chi connectivity index (χ3v) is 6.66. The van der Waals surface area contributed by atoms with Gasteiger partial charge < -0.3 is 13.8 Å². The van der Waals surface area contributed by atoms with Crippen molar-refractivity contribution in [1.29, 1.82) is 5.41 Å². The van der Waals surface area contributed by atoms with Crippen molar-refractivity contribution in [3.63, 3.8) is 0 Å². The van der Waals surface area contributed by atoms with Crippen LogP contribution in [0.15, 0.2) is 47.4 Å². The van der Waals surface area contributed by atoms with Crippen molar-refractivity contribution in [3.05, 3.63) is 53.1 Å². The van der Waals surface area contributed by atoms with E-state index in [1.807, 2.05) is 19.9 Å². The van der Waals surface area contributed by atoms with Crippen LogP contribution in [0.3, 0.4) is 0 Å². The molecule has 29 heavy (non-hydrogen) atoms. The zero-order chi connectivity index (χ0) is 21.0. The number of piperidine rings is 1. The lowest BCUT2D eigenvalue weighted by atomic mass is 9.98. The number of rotatable bonds is 6. The molecule has 0 atom stereocenters. The molecule has 1 fully saturated rings. The summed E-state index contributed by atoms with van der Waals surface area (Å²) in [5.74, 6) is 1.76. The minimum Gasteiger partial charge on any atom is -0.493 e. The van der Waals surface area contributed by atoms with Crippen LogP contribution < -0.4 is 8.92 Å². The molecular formula is C21H25ClN2O4S. The van der Waals surface area contributed by atoms with Crippen LogP contribution >= 0.6 is 11.6 Å². The van der Waals surface area contributed by atoms with Crippen molar-refractivity contribution in [2.45, 2.75) is 31.6 Å². The van der Waals surface area contributed by atoms with Crippen LogP contribution in [0.5, 0.6) is 11.5 Å². The Morgan fingerprint density at radius 1 is 1.17 bits per heavy atom. The quantitative estimate of drug-likeness (QED) is 0.409. The standard InChI is InChI=1S/C21H25ClN2O4S/c1-15-11-18(27-14-17-7-9-24(10-8-17)16(2)23)13-19(12-15)28-29(25,26)21-6-4-3-5-20(21)22/h3-6,11-13,17,23H,7-10,14H2,1-2H3. The molecule has 3 rings (SSSR count). The van der Waals surface area contributed by atoms with E-state index in [1.165, 1.54) is 12.1 Å². The third kappa shape index (κ3) is 5.64. The number of amidine groups is 1. The van der Waals surface area contributed by atoms with Crippen molar-refractivity contribution in [3.8, 4) is 11.5 Å². The summed E-state index contributed by atoms with van der Waals surface area (Å²) in [5, 5.41) is 7.82. The number of benzene rings is 2. The van der Waals surface area contributed by atoms with E-state index in [4.69, 9.17) is 25.9 Å². The number of nitrogens with zero attached hydrogens (tertiary/aromatic N) is 1. The second-order valence-electron chi connectivity index (χ2n) is 7.28. The van der Waals surface area contributed by atoms with Crippen LogP contribution in [0.1, 0.15) is 25.3 Å². The second-order valence-corrected chi connectivity index (χ2v) is 9.20. The maximum atomic E-state index is 12.6. The Bertz CT molecular complexity index is 986. The van der Waals surface area contributed by atoms with E-state index in [0.29, 0.717) is 24.1 Å². The maximum Gasteiger partial charge on any atom is 0.340 e. The average molecular weight is 437 g/mol. The number of hydrogen-bond donors (Lipinski definition) is 1. The Morgan fingerprint density at radius 2 is 1.83 bits per heavy atom. The van der Waals surface area contributed by atoms with E-state index in [1.54, 1.807) is 24.3 Å². The zero-order valence-corrected chi connectivity index (χ0v) is 18.1. The van der Waals surface area contributed by atoms with E-state index < -0.39 is 10.1 Å². The molecule has 1 saturated heterocycles. The van der Waals surface area contributed by atoms with E-state index in [2.05, 4.69) is 4.90 Å². The van der Waals surface area contributed by atoms with Gasteiger partial charge in [-0.2, -0.15) is 8.42 Å². The first-order valence-electron chi connectivity index (χ1n) is 9.48. The number of aryl methyl sites for hydroxylation is 1. The van der Waals surface area contributed by atoms with Crippen LogP contribution in [0.2, 0.25) is 5.02 Å². The monoisotopic (exact) mass is 436 g/mol. The SMILES string of the molecule is CC(=N)N1CCC(COc2cc(C)cc(OS(=O)(=O)c3ccccc3Cl)c2)CC1. The topological polar surface area (TPSA) is 79.7 Å². The van der Waals surface area contributed by atoms with Gasteiger partial charge in [0.25, 0.3) is 0 Å². The molecule has 0 aromatic heterocycles. The van der Waals surface area contributed by atoms with Gasteiger partial charge in [0.1, 0.15) is 16.4 Å². The van der Waals surface area contributed by atoms with Crippen LogP contribution in [0, 0.1) is 18.3 Å². The number of halogens is 1. The Balaban J connectivity index is 1.66. The van der Waals surface area contributed by atoms with E-state index >= 15 is 0 Å². The smallest absolute Gasteiger partial charge is 0.340 e. The summed E-state index contributed by atoms with van der Waals surface area (Å²) in [6, 6.07) is 11.3. The number of nitrogens with one attached hydrogen (secondary N) is 1. The van der Waals surface area contributed by atoms with Crippen molar-refractivity contribution < 1.29 is 17.3 Å². The Kier molecular flexibility index (Phi) is 6.70. The minimum atomic E-state index is -4.04. The van der Waals surface area contributed by atoms with Crippen LogP contribution in [-0.4, -0.2) is 38.8 Å². The summed E-state index contributed by atoms with van der Waals surface area (Å²) < 4.78 is 36.4. The average Bonchev–Trinajstić information content (AvgIpc) is 2.66. The normalized spacial score (nSPS) is 15.2. The van der Waals surface area contributed by atoms with Gasteiger partial charge in [0.05, 0.1) is 17.5 Å². The molecule has 1 N–H and O–H groups in total. The van der Waals surface area contributed by atoms with Gasteiger partial charge in [-0.1, -0.05) is 23.7 Å². The van der Waals surface area contributed by atoms with Crippen molar-refractivity contribution >= 4 is 27.6 Å². The van der Waals surface area contributed by atoms with Crippen molar-refractivity contribution in [2.75, 3.05) is 19.7 Å². The van der Waals surface area contributed by atoms with E-state index in [9.17, 15) is 8.42 Å². The first kappa shape index (κ1) is 21.5. The molecule has 2 aromatic carbocycles. The summed E-state index contributed by atoms with van der Waals surface area (Å²) in [5.41, 5.74) is 0.834. The predicted octanol–water partition coefficient (Wildman–Crippen LogP) is 4.50. The van der Waals surface area contributed by atoms with Crippen molar-refractivity contribution in [1.82, 2.24) is 4.90 Å². The molecule has 156 valence electrons. The molecule has 0 unspecified atom stereocenters. The number of ether oxygens (including phenoxy) is 1. The minimum absolute atomic E-state index is 0.0705. The molecule has 1 aliphatic heterocycles. The second kappa shape index (κ2) is 9.05. The van der Waals surface area contributed by atoms with Crippen LogP contribution in [0.4, 0.5) is 0 Å². The summed E-state index contributed by atoms with van der Waals surface area (Å²) in [6.45, 7) is 5.93. The highest BCUT2D eigenvalue weighted by Crippen LogP contribution is 2.29. The van der Waals surface area contributed by atoms with Gasteiger partial charge in [-0.15, -0.1) is 0 Å². The van der Waals surface area contributed by atoms with Gasteiger partial charge in [-0.05, 0) is 62.4 Å². The molecule has 0 saturated carbocycles. The summed E-state index contributed by atoms with van der Waals surface area (Å²) in [6.07, 6.45) is 1.93. The molecule has 1 aliphatic rings. The third-order valence-electron chi connectivity index (χ3n) is 4.91. The molecule has 8 heteroatoms. The Labute approximate surface area is 177 Å². The first-order valence-corrected chi connectivity index (χ1v) is 11.3. The number of likely N-dealkylation sites (tertiary alicyclic amines) is 1. The lowest BCUT2D eigenvalue weighted by Gasteiger charge is -2.32. The molecule has 0 spiro atoms. The highest BCUT2D eigenvalue weighted by molar-refractivity contribution is 7.87. The van der Waals surface area contributed by atoms with Gasteiger partial charge >= 0.3 is 10.1 Å². The summed E-state index contributed by atoms with van der Waals surface area (Å²) >= 11 is 6.00. The van der Waals surface area contributed by atoms with Crippen molar-refractivity contribution in [2.24, 2.45) is 5.92 Å².